The molecule has 0 bridgehead atoms. The third-order valence-electron chi connectivity index (χ3n) is 8.93. The Kier molecular flexibility index (Phi) is 4.16. The average molecular weight is 367 g/mol. The van der Waals surface area contributed by atoms with Crippen molar-refractivity contribution >= 4 is 17.0 Å². The normalized spacial score (nSPS) is 53.8. The van der Waals surface area contributed by atoms with Crippen molar-refractivity contribution in [3.8, 4) is 0 Å². The van der Waals surface area contributed by atoms with Gasteiger partial charge in [0.1, 0.15) is 0 Å². The summed E-state index contributed by atoms with van der Waals surface area (Å²) in [5.74, 6) is 2.66. The van der Waals surface area contributed by atoms with E-state index in [1.54, 1.807) is 0 Å². The highest BCUT2D eigenvalue weighted by molar-refractivity contribution is 7.79. The number of likely N-dealkylation sites (tertiary alicyclic amines) is 1. The molecule has 1 amide bonds. The molecule has 0 spiro atoms. The molecule has 3 saturated carbocycles. The van der Waals surface area contributed by atoms with Crippen LogP contribution in [0.4, 0.5) is 0 Å². The third kappa shape index (κ3) is 2.48. The van der Waals surface area contributed by atoms with Crippen molar-refractivity contribution in [3.63, 3.8) is 0 Å². The SMILES string of the molecule is C[C@H]1CC2N(C)C(=O)CC[C@]2(C)C2CC[C@]3(C)CC(S(=O)[O-])CC3C21. The number of hydrogen-bond donors (Lipinski definition) is 0. The Morgan fingerprint density at radius 3 is 2.60 bits per heavy atom. The Morgan fingerprint density at radius 2 is 1.92 bits per heavy atom. The van der Waals surface area contributed by atoms with Crippen LogP contribution in [0.2, 0.25) is 0 Å². The van der Waals surface area contributed by atoms with Crippen molar-refractivity contribution in [1.82, 2.24) is 4.90 Å². The van der Waals surface area contributed by atoms with E-state index in [4.69, 9.17) is 0 Å². The Morgan fingerprint density at radius 1 is 1.20 bits per heavy atom. The summed E-state index contributed by atoms with van der Waals surface area (Å²) < 4.78 is 23.3. The van der Waals surface area contributed by atoms with E-state index < -0.39 is 11.1 Å². The average Bonchev–Trinajstić information content (AvgIpc) is 2.91. The van der Waals surface area contributed by atoms with E-state index in [0.717, 1.165) is 32.1 Å². The standard InChI is InChI=1S/C20H33NO3S/c1-12-9-16-20(3,8-6-17(22)21(16)4)14-5-7-19(2)11-13(25(23)24)10-15(19)18(12)14/h12-16,18H,5-11H2,1-4H3,(H,23,24)/p-1/t12-,13?,14?,15?,16?,18?,19+,20+/m0/s1. The van der Waals surface area contributed by atoms with Crippen LogP contribution >= 0.6 is 0 Å². The van der Waals surface area contributed by atoms with Crippen LogP contribution < -0.4 is 0 Å². The zero-order valence-corrected chi connectivity index (χ0v) is 16.8. The highest BCUT2D eigenvalue weighted by Crippen LogP contribution is 2.66. The van der Waals surface area contributed by atoms with Gasteiger partial charge in [0.05, 0.1) is 0 Å². The smallest absolute Gasteiger partial charge is 0.222 e. The zero-order valence-electron chi connectivity index (χ0n) is 16.0. The number of carbonyl (C=O) groups is 1. The summed E-state index contributed by atoms with van der Waals surface area (Å²) in [6, 6.07) is 0.361. The van der Waals surface area contributed by atoms with Crippen molar-refractivity contribution in [2.45, 2.75) is 77.0 Å². The number of hydrogen-bond acceptors (Lipinski definition) is 3. The largest absolute Gasteiger partial charge is 0.772 e. The van der Waals surface area contributed by atoms with Crippen molar-refractivity contribution in [2.24, 2.45) is 34.5 Å². The number of piperidine rings is 1. The molecule has 0 aromatic carbocycles. The second-order valence-corrected chi connectivity index (χ2v) is 11.2. The van der Waals surface area contributed by atoms with Gasteiger partial charge < -0.3 is 9.45 Å². The summed E-state index contributed by atoms with van der Waals surface area (Å²) in [5, 5.41) is -0.151. The number of carbonyl (C=O) groups excluding carboxylic acids is 1. The van der Waals surface area contributed by atoms with E-state index in [-0.39, 0.29) is 16.1 Å². The lowest BCUT2D eigenvalue weighted by molar-refractivity contribution is -0.164. The lowest BCUT2D eigenvalue weighted by atomic mass is 9.45. The van der Waals surface area contributed by atoms with E-state index in [9.17, 15) is 13.6 Å². The lowest BCUT2D eigenvalue weighted by Gasteiger charge is -2.63. The quantitative estimate of drug-likeness (QED) is 0.669. The first-order valence-corrected chi connectivity index (χ1v) is 11.1. The van der Waals surface area contributed by atoms with Gasteiger partial charge in [-0.05, 0) is 73.0 Å². The Balaban J connectivity index is 1.68. The molecule has 142 valence electrons. The molecule has 0 radical (unpaired) electrons. The van der Waals surface area contributed by atoms with Crippen LogP contribution in [-0.2, 0) is 15.9 Å². The van der Waals surface area contributed by atoms with Gasteiger partial charge in [0, 0.05) is 24.8 Å². The van der Waals surface area contributed by atoms with Crippen LogP contribution in [0.15, 0.2) is 0 Å². The first-order valence-electron chi connectivity index (χ1n) is 10.0. The van der Waals surface area contributed by atoms with E-state index >= 15 is 0 Å². The van der Waals surface area contributed by atoms with Crippen LogP contribution in [0.1, 0.15) is 65.7 Å². The summed E-state index contributed by atoms with van der Waals surface area (Å²) in [7, 11) is 2.00. The Labute approximate surface area is 154 Å². The Bertz CT molecular complexity index is 610. The summed E-state index contributed by atoms with van der Waals surface area (Å²) in [5.41, 5.74) is 0.398. The van der Waals surface area contributed by atoms with E-state index in [2.05, 4.69) is 20.8 Å². The van der Waals surface area contributed by atoms with Gasteiger partial charge in [-0.25, -0.2) is 0 Å². The van der Waals surface area contributed by atoms with Gasteiger partial charge in [-0.3, -0.25) is 9.00 Å². The molecule has 6 unspecified atom stereocenters. The summed E-state index contributed by atoms with van der Waals surface area (Å²) in [4.78, 5) is 14.3. The second-order valence-electron chi connectivity index (χ2n) is 10.0. The Hall–Kier alpha value is -0.420. The fraction of sp³-hybridized carbons (Fsp3) is 0.950. The summed E-state index contributed by atoms with van der Waals surface area (Å²) in [6.07, 6.45) is 6.83. The third-order valence-corrected chi connectivity index (χ3v) is 9.84. The topological polar surface area (TPSA) is 60.4 Å². The molecule has 1 saturated heterocycles. The monoisotopic (exact) mass is 366 g/mol. The molecule has 1 aliphatic heterocycles. The van der Waals surface area contributed by atoms with Crippen LogP contribution in [0.5, 0.6) is 0 Å². The molecule has 0 aromatic heterocycles. The molecule has 25 heavy (non-hydrogen) atoms. The maximum atomic E-state index is 12.3. The molecular formula is C20H32NO3S-. The van der Waals surface area contributed by atoms with Gasteiger partial charge in [0.2, 0.25) is 5.91 Å². The van der Waals surface area contributed by atoms with Crippen LogP contribution in [0.25, 0.3) is 0 Å². The van der Waals surface area contributed by atoms with E-state index in [1.807, 2.05) is 11.9 Å². The van der Waals surface area contributed by atoms with Crippen LogP contribution in [-0.4, -0.2) is 37.9 Å². The minimum absolute atomic E-state index is 0.151. The predicted molar refractivity (Wildman–Crippen MR) is 97.4 cm³/mol. The van der Waals surface area contributed by atoms with Gasteiger partial charge in [0.15, 0.2) is 0 Å². The molecule has 5 heteroatoms. The molecule has 4 rings (SSSR count). The molecule has 1 heterocycles. The lowest BCUT2D eigenvalue weighted by Crippen LogP contribution is -2.62. The van der Waals surface area contributed by atoms with Crippen molar-refractivity contribution in [1.29, 1.82) is 0 Å². The number of amides is 1. The predicted octanol–water partition coefficient (Wildman–Crippen LogP) is 3.34. The highest BCUT2D eigenvalue weighted by atomic mass is 32.2. The molecule has 9 atom stereocenters. The molecule has 0 aromatic rings. The fourth-order valence-corrected chi connectivity index (χ4v) is 8.48. The van der Waals surface area contributed by atoms with Gasteiger partial charge in [-0.2, -0.15) is 0 Å². The van der Waals surface area contributed by atoms with Gasteiger partial charge in [0.25, 0.3) is 0 Å². The number of rotatable bonds is 1. The summed E-state index contributed by atoms with van der Waals surface area (Å²) >= 11 is -1.94. The van der Waals surface area contributed by atoms with Crippen molar-refractivity contribution < 1.29 is 13.6 Å². The van der Waals surface area contributed by atoms with Crippen molar-refractivity contribution in [3.05, 3.63) is 0 Å². The molecule has 3 aliphatic carbocycles. The molecule has 4 aliphatic rings. The van der Waals surface area contributed by atoms with Gasteiger partial charge in [-0.15, -0.1) is 0 Å². The molecule has 4 fully saturated rings. The minimum atomic E-state index is -1.94. The van der Waals surface area contributed by atoms with E-state index in [0.29, 0.717) is 42.0 Å². The van der Waals surface area contributed by atoms with Crippen LogP contribution in [0, 0.1) is 34.5 Å². The summed E-state index contributed by atoms with van der Waals surface area (Å²) in [6.45, 7) is 7.13. The molecule has 4 nitrogen and oxygen atoms in total. The fourth-order valence-electron chi connectivity index (χ4n) is 7.60. The maximum Gasteiger partial charge on any atom is 0.222 e. The molecular weight excluding hydrogens is 334 g/mol. The first kappa shape index (κ1) is 18.0. The van der Waals surface area contributed by atoms with Crippen LogP contribution in [0.3, 0.4) is 0 Å². The molecule has 0 N–H and O–H groups in total. The van der Waals surface area contributed by atoms with Crippen molar-refractivity contribution in [2.75, 3.05) is 7.05 Å². The van der Waals surface area contributed by atoms with Gasteiger partial charge >= 0.3 is 0 Å². The zero-order chi connectivity index (χ0) is 18.1. The van der Waals surface area contributed by atoms with Gasteiger partial charge in [-0.1, -0.05) is 31.9 Å². The number of nitrogens with zero attached hydrogens (tertiary/aromatic N) is 1. The number of fused-ring (bicyclic) bond motifs is 5. The first-order chi connectivity index (χ1) is 11.7. The maximum absolute atomic E-state index is 12.3. The second kappa shape index (κ2) is 5.79. The van der Waals surface area contributed by atoms with E-state index in [1.165, 1.54) is 6.42 Å². The minimum Gasteiger partial charge on any atom is -0.772 e. The highest BCUT2D eigenvalue weighted by Gasteiger charge is 2.62.